The van der Waals surface area contributed by atoms with Gasteiger partial charge >= 0.3 is 0 Å². The maximum Gasteiger partial charge on any atom is 0.249 e. The van der Waals surface area contributed by atoms with Crippen molar-refractivity contribution in [3.8, 4) is 0 Å². The summed E-state index contributed by atoms with van der Waals surface area (Å²) in [5, 5.41) is 15.2. The monoisotopic (exact) mass is 294 g/mol. The zero-order valence-electron chi connectivity index (χ0n) is 11.5. The van der Waals surface area contributed by atoms with E-state index in [9.17, 15) is 9.90 Å². The lowest BCUT2D eigenvalue weighted by molar-refractivity contribution is 0.0333. The van der Waals surface area contributed by atoms with Crippen LogP contribution < -0.4 is 11.1 Å². The highest BCUT2D eigenvalue weighted by Gasteiger charge is 2.26. The summed E-state index contributed by atoms with van der Waals surface area (Å²) < 4.78 is 5.44. The minimum Gasteiger partial charge on any atom is -0.463 e. The summed E-state index contributed by atoms with van der Waals surface area (Å²) >= 11 is 1.46. The molecule has 1 amide bonds. The largest absolute Gasteiger partial charge is 0.463 e. The number of amides is 1. The van der Waals surface area contributed by atoms with Crippen LogP contribution in [0.15, 0.2) is 28.0 Å². The first-order valence-electron chi connectivity index (χ1n) is 6.26. The van der Waals surface area contributed by atoms with E-state index in [0.29, 0.717) is 24.4 Å². The molecule has 1 unspecified atom stereocenters. The van der Waals surface area contributed by atoms with Crippen LogP contribution in [0.3, 0.4) is 0 Å². The predicted octanol–water partition coefficient (Wildman–Crippen LogP) is 1.75. The van der Waals surface area contributed by atoms with Crippen LogP contribution in [0.2, 0.25) is 0 Å². The summed E-state index contributed by atoms with van der Waals surface area (Å²) in [6.07, 6.45) is 0. The van der Waals surface area contributed by atoms with Gasteiger partial charge in [0.25, 0.3) is 0 Å². The number of primary amides is 1. The van der Waals surface area contributed by atoms with Crippen LogP contribution in [0.5, 0.6) is 0 Å². The number of furan rings is 1. The van der Waals surface area contributed by atoms with Gasteiger partial charge in [-0.2, -0.15) is 0 Å². The maximum absolute atomic E-state index is 11.0. The fraction of sp³-hybridized carbons (Fsp3) is 0.357. The van der Waals surface area contributed by atoms with E-state index in [2.05, 4.69) is 5.32 Å². The van der Waals surface area contributed by atoms with E-state index in [0.717, 1.165) is 10.6 Å². The number of carbonyl (C=O) groups is 1. The molecule has 0 saturated carbocycles. The van der Waals surface area contributed by atoms with Crippen molar-refractivity contribution in [2.45, 2.75) is 26.0 Å². The van der Waals surface area contributed by atoms with Crippen molar-refractivity contribution in [3.63, 3.8) is 0 Å². The topological polar surface area (TPSA) is 88.5 Å². The Morgan fingerprint density at radius 3 is 2.85 bits per heavy atom. The van der Waals surface area contributed by atoms with Crippen molar-refractivity contribution in [1.29, 1.82) is 0 Å². The molecule has 0 aliphatic heterocycles. The molecule has 0 spiro atoms. The number of nitrogens with two attached hydrogens (primary N) is 1. The maximum atomic E-state index is 11.0. The average Bonchev–Trinajstić information content (AvgIpc) is 2.98. The molecule has 1 atom stereocenters. The second-order valence-electron chi connectivity index (χ2n) is 4.95. The SMILES string of the molecule is Cc1ccc(C(C)(O)CNCc2cc(C(N)=O)cs2)o1. The number of thiophene rings is 1. The molecule has 4 N–H and O–H groups in total. The van der Waals surface area contributed by atoms with Gasteiger partial charge in [0, 0.05) is 23.3 Å². The van der Waals surface area contributed by atoms with E-state index in [1.165, 1.54) is 11.3 Å². The van der Waals surface area contributed by atoms with Crippen molar-refractivity contribution >= 4 is 17.2 Å². The highest BCUT2D eigenvalue weighted by atomic mass is 32.1. The van der Waals surface area contributed by atoms with Gasteiger partial charge in [-0.25, -0.2) is 0 Å². The normalized spacial score (nSPS) is 14.2. The van der Waals surface area contributed by atoms with E-state index in [1.807, 2.05) is 13.0 Å². The molecule has 2 rings (SSSR count). The van der Waals surface area contributed by atoms with Crippen LogP contribution >= 0.6 is 11.3 Å². The van der Waals surface area contributed by atoms with Gasteiger partial charge in [-0.3, -0.25) is 4.79 Å². The Morgan fingerprint density at radius 2 is 2.30 bits per heavy atom. The third-order valence-electron chi connectivity index (χ3n) is 2.98. The molecular formula is C14H18N2O3S. The van der Waals surface area contributed by atoms with Crippen LogP contribution in [0, 0.1) is 6.92 Å². The van der Waals surface area contributed by atoms with Crippen LogP contribution in [-0.2, 0) is 12.1 Å². The Kier molecular flexibility index (Phi) is 4.27. The number of hydrogen-bond acceptors (Lipinski definition) is 5. The Bertz CT molecular complexity index is 601. The molecule has 0 bridgehead atoms. The van der Waals surface area contributed by atoms with Crippen molar-refractivity contribution in [1.82, 2.24) is 5.32 Å². The van der Waals surface area contributed by atoms with Crippen LogP contribution in [-0.4, -0.2) is 17.6 Å². The summed E-state index contributed by atoms with van der Waals surface area (Å²) in [5.74, 6) is 0.877. The summed E-state index contributed by atoms with van der Waals surface area (Å²) in [6.45, 7) is 4.45. The Labute approximate surface area is 121 Å². The number of rotatable bonds is 6. The summed E-state index contributed by atoms with van der Waals surface area (Å²) in [6, 6.07) is 5.35. The molecule has 2 heterocycles. The third kappa shape index (κ3) is 3.47. The van der Waals surface area contributed by atoms with E-state index < -0.39 is 11.5 Å². The van der Waals surface area contributed by atoms with Gasteiger partial charge in [0.1, 0.15) is 17.1 Å². The Hall–Kier alpha value is -1.63. The van der Waals surface area contributed by atoms with Gasteiger partial charge in [-0.1, -0.05) is 0 Å². The molecular weight excluding hydrogens is 276 g/mol. The van der Waals surface area contributed by atoms with E-state index in [-0.39, 0.29) is 0 Å². The molecule has 0 saturated heterocycles. The lowest BCUT2D eigenvalue weighted by Gasteiger charge is -2.21. The van der Waals surface area contributed by atoms with Gasteiger partial charge in [-0.05, 0) is 32.0 Å². The Balaban J connectivity index is 1.90. The summed E-state index contributed by atoms with van der Waals surface area (Å²) in [7, 11) is 0. The fourth-order valence-corrected chi connectivity index (χ4v) is 2.69. The summed E-state index contributed by atoms with van der Waals surface area (Å²) in [4.78, 5) is 12.0. The number of aryl methyl sites for hydroxylation is 1. The van der Waals surface area contributed by atoms with Crippen molar-refractivity contribution in [3.05, 3.63) is 45.5 Å². The fourth-order valence-electron chi connectivity index (χ4n) is 1.84. The minimum absolute atomic E-state index is 0.351. The molecule has 0 radical (unpaired) electrons. The molecule has 0 aliphatic rings. The molecule has 108 valence electrons. The van der Waals surface area contributed by atoms with Gasteiger partial charge in [0.2, 0.25) is 5.91 Å². The van der Waals surface area contributed by atoms with Crippen molar-refractivity contribution in [2.75, 3.05) is 6.54 Å². The molecule has 0 aliphatic carbocycles. The first-order valence-corrected chi connectivity index (χ1v) is 7.14. The second-order valence-corrected chi connectivity index (χ2v) is 5.95. The van der Waals surface area contributed by atoms with Crippen LogP contribution in [0.1, 0.15) is 33.7 Å². The molecule has 2 aromatic rings. The highest BCUT2D eigenvalue weighted by molar-refractivity contribution is 7.10. The quantitative estimate of drug-likeness (QED) is 0.757. The molecule has 0 fully saturated rings. The lowest BCUT2D eigenvalue weighted by Crippen LogP contribution is -2.34. The van der Waals surface area contributed by atoms with E-state index >= 15 is 0 Å². The van der Waals surface area contributed by atoms with Crippen molar-refractivity contribution < 1.29 is 14.3 Å². The van der Waals surface area contributed by atoms with Gasteiger partial charge in [0.05, 0.1) is 5.56 Å². The highest BCUT2D eigenvalue weighted by Crippen LogP contribution is 2.22. The van der Waals surface area contributed by atoms with Gasteiger partial charge < -0.3 is 20.6 Å². The van der Waals surface area contributed by atoms with Gasteiger partial charge in [-0.15, -0.1) is 11.3 Å². The number of nitrogens with one attached hydrogen (secondary N) is 1. The summed E-state index contributed by atoms with van der Waals surface area (Å²) in [5.41, 5.74) is 4.64. The van der Waals surface area contributed by atoms with E-state index in [4.69, 9.17) is 10.2 Å². The molecule has 2 aromatic heterocycles. The lowest BCUT2D eigenvalue weighted by atomic mass is 10.0. The molecule has 0 aromatic carbocycles. The molecule has 20 heavy (non-hydrogen) atoms. The number of aliphatic hydroxyl groups is 1. The second kappa shape index (κ2) is 5.78. The first kappa shape index (κ1) is 14.8. The molecule has 5 nitrogen and oxygen atoms in total. The average molecular weight is 294 g/mol. The smallest absolute Gasteiger partial charge is 0.249 e. The minimum atomic E-state index is -1.07. The third-order valence-corrected chi connectivity index (χ3v) is 3.91. The zero-order chi connectivity index (χ0) is 14.8. The van der Waals surface area contributed by atoms with Gasteiger partial charge in [0.15, 0.2) is 0 Å². The first-order chi connectivity index (χ1) is 9.38. The van der Waals surface area contributed by atoms with Crippen molar-refractivity contribution in [2.24, 2.45) is 5.73 Å². The Morgan fingerprint density at radius 1 is 1.55 bits per heavy atom. The number of carbonyl (C=O) groups excluding carboxylic acids is 1. The molecule has 6 heteroatoms. The predicted molar refractivity (Wildman–Crippen MR) is 77.6 cm³/mol. The zero-order valence-corrected chi connectivity index (χ0v) is 12.3. The van der Waals surface area contributed by atoms with E-state index in [1.54, 1.807) is 24.4 Å². The van der Waals surface area contributed by atoms with Crippen LogP contribution in [0.25, 0.3) is 0 Å². The number of hydrogen-bond donors (Lipinski definition) is 3. The standard InChI is InChI=1S/C14H18N2O3S/c1-9-3-4-12(19-9)14(2,18)8-16-6-11-5-10(7-20-11)13(15)17/h3-5,7,16,18H,6,8H2,1-2H3,(H2,15,17). The van der Waals surface area contributed by atoms with Crippen LogP contribution in [0.4, 0.5) is 0 Å².